The molecular formula is C23H31N5O5. The van der Waals surface area contributed by atoms with E-state index < -0.39 is 0 Å². The van der Waals surface area contributed by atoms with Crippen molar-refractivity contribution in [1.29, 1.82) is 0 Å². The number of H-pyrrole nitrogens is 1. The number of aryl methyl sites for hydroxylation is 1. The van der Waals surface area contributed by atoms with E-state index in [4.69, 9.17) is 4.52 Å². The van der Waals surface area contributed by atoms with Crippen molar-refractivity contribution in [2.24, 2.45) is 0 Å². The number of ether oxygens (including phenoxy) is 1. The Balaban J connectivity index is 1.52. The number of esters is 1. The number of carbonyl (C=O) groups is 3. The molecular weight excluding hydrogens is 426 g/mol. The van der Waals surface area contributed by atoms with Crippen LogP contribution < -0.4 is 5.32 Å². The van der Waals surface area contributed by atoms with Crippen molar-refractivity contribution < 1.29 is 23.6 Å². The van der Waals surface area contributed by atoms with Gasteiger partial charge < -0.3 is 19.5 Å². The van der Waals surface area contributed by atoms with Gasteiger partial charge in [-0.25, -0.2) is 0 Å². The standard InChI is InChI=1S/C23H31N5O5/c1-16-14-17(27-33-16)11-12-21(29)24-20-15-18(25-26-20)19-8-6-7-13-28(19)22(30)9-4-3-5-10-23(31)32-2/h11-12,14-15,19H,3-10,13H2,1-2H3,(H2,24,25,26,29)/b12-11+/t19-/m1/s1. The van der Waals surface area contributed by atoms with Crippen LogP contribution in [-0.2, 0) is 19.1 Å². The zero-order chi connectivity index (χ0) is 23.6. The first-order valence-electron chi connectivity index (χ1n) is 11.3. The average Bonchev–Trinajstić information content (AvgIpc) is 3.45. The fourth-order valence-corrected chi connectivity index (χ4v) is 3.89. The number of methoxy groups -OCH3 is 1. The Bertz CT molecular complexity index is 980. The number of rotatable bonds is 10. The molecule has 0 bridgehead atoms. The number of hydrogen-bond acceptors (Lipinski definition) is 7. The molecule has 1 fully saturated rings. The summed E-state index contributed by atoms with van der Waals surface area (Å²) in [6.45, 7) is 2.48. The van der Waals surface area contributed by atoms with E-state index >= 15 is 0 Å². The molecule has 0 unspecified atom stereocenters. The van der Waals surface area contributed by atoms with Crippen molar-refractivity contribution in [3.63, 3.8) is 0 Å². The summed E-state index contributed by atoms with van der Waals surface area (Å²) in [4.78, 5) is 38.1. The summed E-state index contributed by atoms with van der Waals surface area (Å²) in [5.41, 5.74) is 1.37. The van der Waals surface area contributed by atoms with Crippen LogP contribution in [0.5, 0.6) is 0 Å². The Kier molecular flexibility index (Phi) is 8.79. The van der Waals surface area contributed by atoms with Gasteiger partial charge in [-0.15, -0.1) is 0 Å². The molecule has 2 aromatic heterocycles. The number of carbonyl (C=O) groups excluding carboxylic acids is 3. The van der Waals surface area contributed by atoms with Crippen molar-refractivity contribution >= 4 is 29.7 Å². The molecule has 0 radical (unpaired) electrons. The predicted octanol–water partition coefficient (Wildman–Crippen LogP) is 3.54. The molecule has 1 atom stereocenters. The molecule has 3 rings (SSSR count). The van der Waals surface area contributed by atoms with Crippen LogP contribution in [0.25, 0.3) is 6.08 Å². The second-order valence-corrected chi connectivity index (χ2v) is 8.13. The van der Waals surface area contributed by atoms with Crippen LogP contribution in [0, 0.1) is 6.92 Å². The molecule has 10 nitrogen and oxygen atoms in total. The van der Waals surface area contributed by atoms with E-state index in [2.05, 4.69) is 25.4 Å². The van der Waals surface area contributed by atoms with Crippen molar-refractivity contribution in [2.45, 2.75) is 64.3 Å². The van der Waals surface area contributed by atoms with Crippen molar-refractivity contribution in [3.05, 3.63) is 35.4 Å². The number of nitrogens with one attached hydrogen (secondary N) is 2. The summed E-state index contributed by atoms with van der Waals surface area (Å²) in [5.74, 6) is 0.612. The van der Waals surface area contributed by atoms with Gasteiger partial charge >= 0.3 is 5.97 Å². The maximum absolute atomic E-state index is 12.8. The van der Waals surface area contributed by atoms with Gasteiger partial charge in [0.1, 0.15) is 11.5 Å². The highest BCUT2D eigenvalue weighted by Gasteiger charge is 2.29. The molecule has 1 saturated heterocycles. The van der Waals surface area contributed by atoms with Gasteiger partial charge in [0.15, 0.2) is 5.82 Å². The van der Waals surface area contributed by atoms with Crippen LogP contribution in [0.4, 0.5) is 5.82 Å². The van der Waals surface area contributed by atoms with E-state index in [0.717, 1.165) is 44.2 Å². The number of aromatic nitrogens is 3. The second kappa shape index (κ2) is 12.0. The third-order valence-corrected chi connectivity index (χ3v) is 5.58. The summed E-state index contributed by atoms with van der Waals surface area (Å²) in [6, 6.07) is 3.41. The quantitative estimate of drug-likeness (QED) is 0.317. The number of amides is 2. The van der Waals surface area contributed by atoms with Crippen LogP contribution in [0.15, 0.2) is 22.7 Å². The highest BCUT2D eigenvalue weighted by atomic mass is 16.5. The lowest BCUT2D eigenvalue weighted by Crippen LogP contribution is -2.38. The van der Waals surface area contributed by atoms with E-state index in [1.165, 1.54) is 13.2 Å². The molecule has 2 aromatic rings. The van der Waals surface area contributed by atoms with Gasteiger partial charge in [0, 0.05) is 37.6 Å². The summed E-state index contributed by atoms with van der Waals surface area (Å²) in [5, 5.41) is 13.7. The molecule has 2 amide bonds. The zero-order valence-electron chi connectivity index (χ0n) is 19.1. The Morgan fingerprint density at radius 1 is 1.24 bits per heavy atom. The molecule has 0 aromatic carbocycles. The molecule has 0 aliphatic carbocycles. The van der Waals surface area contributed by atoms with Crippen LogP contribution in [0.2, 0.25) is 0 Å². The molecule has 1 aliphatic heterocycles. The number of likely N-dealkylation sites (tertiary alicyclic amines) is 1. The highest BCUT2D eigenvalue weighted by molar-refractivity contribution is 6.01. The van der Waals surface area contributed by atoms with E-state index in [0.29, 0.717) is 36.7 Å². The lowest BCUT2D eigenvalue weighted by atomic mass is 9.98. The second-order valence-electron chi connectivity index (χ2n) is 8.13. The van der Waals surface area contributed by atoms with Gasteiger partial charge in [-0.3, -0.25) is 19.5 Å². The van der Waals surface area contributed by atoms with Gasteiger partial charge in [0.25, 0.3) is 0 Å². The number of piperidine rings is 1. The van der Waals surface area contributed by atoms with E-state index in [1.54, 1.807) is 25.1 Å². The summed E-state index contributed by atoms with van der Waals surface area (Å²) in [7, 11) is 1.38. The molecule has 0 spiro atoms. The maximum Gasteiger partial charge on any atom is 0.305 e. The van der Waals surface area contributed by atoms with Gasteiger partial charge in [-0.05, 0) is 45.1 Å². The van der Waals surface area contributed by atoms with Crippen molar-refractivity contribution in [1.82, 2.24) is 20.3 Å². The fourth-order valence-electron chi connectivity index (χ4n) is 3.89. The lowest BCUT2D eigenvalue weighted by molar-refractivity contribution is -0.140. The first-order valence-corrected chi connectivity index (χ1v) is 11.3. The predicted molar refractivity (Wildman–Crippen MR) is 121 cm³/mol. The molecule has 1 aliphatic rings. The Labute approximate surface area is 192 Å². The molecule has 10 heteroatoms. The van der Waals surface area contributed by atoms with Gasteiger partial charge in [-0.1, -0.05) is 11.6 Å². The minimum Gasteiger partial charge on any atom is -0.469 e. The Morgan fingerprint density at radius 3 is 2.82 bits per heavy atom. The number of nitrogens with zero attached hydrogens (tertiary/aromatic N) is 3. The van der Waals surface area contributed by atoms with Crippen molar-refractivity contribution in [3.8, 4) is 0 Å². The average molecular weight is 458 g/mol. The first kappa shape index (κ1) is 24.2. The third-order valence-electron chi connectivity index (χ3n) is 5.58. The van der Waals surface area contributed by atoms with Crippen LogP contribution >= 0.6 is 0 Å². The Hall–Kier alpha value is -3.43. The summed E-state index contributed by atoms with van der Waals surface area (Å²) < 4.78 is 9.60. The minimum atomic E-state index is -0.336. The first-order chi connectivity index (χ1) is 16.0. The SMILES string of the molecule is COC(=O)CCCCCC(=O)N1CCCC[C@@H]1c1cc(NC(=O)/C=C/c2cc(C)on2)n[nH]1. The lowest BCUT2D eigenvalue weighted by Gasteiger charge is -2.35. The molecule has 33 heavy (non-hydrogen) atoms. The minimum absolute atomic E-state index is 0.0897. The molecule has 0 saturated carbocycles. The molecule has 178 valence electrons. The molecule has 2 N–H and O–H groups in total. The Morgan fingerprint density at radius 2 is 2.06 bits per heavy atom. The van der Waals surface area contributed by atoms with E-state index in [9.17, 15) is 14.4 Å². The fraction of sp³-hybridized carbons (Fsp3) is 0.522. The summed E-state index contributed by atoms with van der Waals surface area (Å²) in [6.07, 6.45) is 8.85. The van der Waals surface area contributed by atoms with Gasteiger partial charge in [-0.2, -0.15) is 5.10 Å². The topological polar surface area (TPSA) is 130 Å². The van der Waals surface area contributed by atoms with Crippen LogP contribution in [0.1, 0.15) is 74.6 Å². The number of hydrogen-bond donors (Lipinski definition) is 2. The third kappa shape index (κ3) is 7.30. The summed E-state index contributed by atoms with van der Waals surface area (Å²) >= 11 is 0. The zero-order valence-corrected chi connectivity index (χ0v) is 19.1. The highest BCUT2D eigenvalue weighted by Crippen LogP contribution is 2.31. The maximum atomic E-state index is 12.8. The smallest absolute Gasteiger partial charge is 0.305 e. The van der Waals surface area contributed by atoms with Crippen LogP contribution in [-0.4, -0.2) is 51.7 Å². The van der Waals surface area contributed by atoms with E-state index in [1.807, 2.05) is 4.90 Å². The van der Waals surface area contributed by atoms with E-state index in [-0.39, 0.29) is 23.8 Å². The monoisotopic (exact) mass is 457 g/mol. The normalized spacial score (nSPS) is 16.2. The van der Waals surface area contributed by atoms with Gasteiger partial charge in [0.2, 0.25) is 11.8 Å². The van der Waals surface area contributed by atoms with Gasteiger partial charge in [0.05, 0.1) is 18.8 Å². The number of aromatic amines is 1. The number of unbranched alkanes of at least 4 members (excludes halogenated alkanes) is 2. The van der Waals surface area contributed by atoms with Crippen molar-refractivity contribution in [2.75, 3.05) is 19.0 Å². The molecule has 3 heterocycles. The number of anilines is 1. The largest absolute Gasteiger partial charge is 0.469 e. The van der Waals surface area contributed by atoms with Crippen LogP contribution in [0.3, 0.4) is 0 Å².